The number of rotatable bonds is 7. The van der Waals surface area contributed by atoms with Gasteiger partial charge in [0.15, 0.2) is 0 Å². The van der Waals surface area contributed by atoms with Gasteiger partial charge >= 0.3 is 0 Å². The highest BCUT2D eigenvalue weighted by molar-refractivity contribution is 4.71. The van der Waals surface area contributed by atoms with Crippen LogP contribution in [0.5, 0.6) is 0 Å². The molecule has 0 amide bonds. The van der Waals surface area contributed by atoms with E-state index in [1.165, 1.54) is 52.1 Å². The Labute approximate surface area is 100 Å². The molecule has 3 heteroatoms. The minimum absolute atomic E-state index is 0.124. The van der Waals surface area contributed by atoms with Crippen LogP contribution in [0.3, 0.4) is 0 Å². The molecule has 0 aromatic heterocycles. The molecular weight excluding hydrogens is 200 g/mol. The van der Waals surface area contributed by atoms with Crippen LogP contribution >= 0.6 is 0 Å². The molecule has 96 valence electrons. The van der Waals surface area contributed by atoms with Crippen molar-refractivity contribution in [1.29, 1.82) is 0 Å². The second-order valence-electron chi connectivity index (χ2n) is 5.03. The van der Waals surface area contributed by atoms with Crippen LogP contribution < -0.4 is 0 Å². The van der Waals surface area contributed by atoms with Crippen LogP contribution in [-0.4, -0.2) is 60.3 Å². The number of hydrogen-bond acceptors (Lipinski definition) is 3. The third-order valence-electron chi connectivity index (χ3n) is 3.35. The van der Waals surface area contributed by atoms with Crippen LogP contribution in [0.25, 0.3) is 0 Å². The van der Waals surface area contributed by atoms with Gasteiger partial charge in [-0.15, -0.1) is 0 Å². The molecule has 1 aliphatic heterocycles. The predicted octanol–water partition coefficient (Wildman–Crippen LogP) is 1.57. The Bertz CT molecular complexity index is 165. The lowest BCUT2D eigenvalue weighted by Gasteiger charge is -2.34. The van der Waals surface area contributed by atoms with Crippen LogP contribution in [0.2, 0.25) is 0 Å². The van der Waals surface area contributed by atoms with Gasteiger partial charge in [0.1, 0.15) is 0 Å². The van der Waals surface area contributed by atoms with Crippen LogP contribution in [-0.2, 0) is 0 Å². The van der Waals surface area contributed by atoms with E-state index in [1.807, 2.05) is 6.92 Å². The van der Waals surface area contributed by atoms with Crippen LogP contribution in [0.4, 0.5) is 0 Å². The molecule has 3 nitrogen and oxygen atoms in total. The van der Waals surface area contributed by atoms with Gasteiger partial charge in [-0.3, -0.25) is 0 Å². The molecule has 16 heavy (non-hydrogen) atoms. The minimum Gasteiger partial charge on any atom is -0.393 e. The van der Waals surface area contributed by atoms with Crippen molar-refractivity contribution in [1.82, 2.24) is 9.80 Å². The third-order valence-corrected chi connectivity index (χ3v) is 3.35. The Morgan fingerprint density at radius 3 is 2.06 bits per heavy atom. The van der Waals surface area contributed by atoms with Crippen molar-refractivity contribution in [2.75, 3.05) is 39.3 Å². The first-order valence-corrected chi connectivity index (χ1v) is 6.85. The van der Waals surface area contributed by atoms with E-state index in [0.717, 1.165) is 12.8 Å². The summed E-state index contributed by atoms with van der Waals surface area (Å²) in [5.74, 6) is 0. The smallest absolute Gasteiger partial charge is 0.0512 e. The zero-order valence-corrected chi connectivity index (χ0v) is 11.0. The molecule has 1 aliphatic rings. The van der Waals surface area contributed by atoms with E-state index in [-0.39, 0.29) is 6.10 Å². The lowest BCUT2D eigenvalue weighted by Crippen LogP contribution is -2.46. The van der Waals surface area contributed by atoms with E-state index < -0.39 is 0 Å². The van der Waals surface area contributed by atoms with Gasteiger partial charge in [-0.2, -0.15) is 0 Å². The number of aliphatic hydroxyl groups excluding tert-OH is 1. The zero-order valence-electron chi connectivity index (χ0n) is 11.0. The number of aliphatic hydroxyl groups is 1. The summed E-state index contributed by atoms with van der Waals surface area (Å²) >= 11 is 0. The maximum Gasteiger partial charge on any atom is 0.0512 e. The highest BCUT2D eigenvalue weighted by Gasteiger charge is 2.15. The molecule has 0 aromatic carbocycles. The molecule has 0 radical (unpaired) electrons. The second kappa shape index (κ2) is 8.04. The average Bonchev–Trinajstić information content (AvgIpc) is 2.27. The first kappa shape index (κ1) is 13.9. The fourth-order valence-corrected chi connectivity index (χ4v) is 2.33. The van der Waals surface area contributed by atoms with Crippen molar-refractivity contribution >= 4 is 0 Å². The Hall–Kier alpha value is -0.120. The van der Waals surface area contributed by atoms with Crippen LogP contribution in [0, 0.1) is 0 Å². The Morgan fingerprint density at radius 1 is 1.00 bits per heavy atom. The van der Waals surface area contributed by atoms with Crippen LogP contribution in [0.1, 0.15) is 39.5 Å². The van der Waals surface area contributed by atoms with Gasteiger partial charge in [0.25, 0.3) is 0 Å². The van der Waals surface area contributed by atoms with Crippen LogP contribution in [0.15, 0.2) is 0 Å². The topological polar surface area (TPSA) is 26.7 Å². The Balaban J connectivity index is 1.99. The van der Waals surface area contributed by atoms with Crippen molar-refractivity contribution < 1.29 is 5.11 Å². The maximum absolute atomic E-state index is 9.16. The number of unbranched alkanes of at least 4 members (excludes halogenated alkanes) is 1. The maximum atomic E-state index is 9.16. The van der Waals surface area contributed by atoms with Gasteiger partial charge in [0.2, 0.25) is 0 Å². The largest absolute Gasteiger partial charge is 0.393 e. The predicted molar refractivity (Wildman–Crippen MR) is 68.7 cm³/mol. The summed E-state index contributed by atoms with van der Waals surface area (Å²) in [6.07, 6.45) is 4.50. The summed E-state index contributed by atoms with van der Waals surface area (Å²) in [5, 5.41) is 9.16. The number of piperazine rings is 1. The normalized spacial score (nSPS) is 21.2. The molecule has 0 bridgehead atoms. The molecule has 1 unspecified atom stereocenters. The van der Waals surface area contributed by atoms with E-state index in [0.29, 0.717) is 0 Å². The quantitative estimate of drug-likeness (QED) is 0.670. The molecule has 1 saturated heterocycles. The standard InChI is InChI=1S/C13H28N2O/c1-3-7-14-9-11-15(12-10-14)8-5-4-6-13(2)16/h13,16H,3-12H2,1-2H3. The molecule has 0 aromatic rings. The molecule has 1 atom stereocenters. The zero-order chi connectivity index (χ0) is 11.8. The number of hydrogen-bond donors (Lipinski definition) is 1. The number of nitrogens with zero attached hydrogens (tertiary/aromatic N) is 2. The van der Waals surface area contributed by atoms with Crippen molar-refractivity contribution in [2.45, 2.75) is 45.6 Å². The lowest BCUT2D eigenvalue weighted by atomic mass is 10.1. The Kier molecular flexibility index (Phi) is 7.01. The average molecular weight is 228 g/mol. The lowest BCUT2D eigenvalue weighted by molar-refractivity contribution is 0.128. The van der Waals surface area contributed by atoms with E-state index in [9.17, 15) is 0 Å². The first-order valence-electron chi connectivity index (χ1n) is 6.85. The highest BCUT2D eigenvalue weighted by atomic mass is 16.3. The van der Waals surface area contributed by atoms with Crippen molar-refractivity contribution in [2.24, 2.45) is 0 Å². The van der Waals surface area contributed by atoms with Gasteiger partial charge < -0.3 is 14.9 Å². The molecule has 0 saturated carbocycles. The molecular formula is C13H28N2O. The van der Waals surface area contributed by atoms with Crippen molar-refractivity contribution in [3.63, 3.8) is 0 Å². The summed E-state index contributed by atoms with van der Waals surface area (Å²) in [5.41, 5.74) is 0. The fraction of sp³-hybridized carbons (Fsp3) is 1.00. The van der Waals surface area contributed by atoms with Crippen molar-refractivity contribution in [3.05, 3.63) is 0 Å². The molecule has 0 spiro atoms. The molecule has 0 aliphatic carbocycles. The summed E-state index contributed by atoms with van der Waals surface area (Å²) in [6, 6.07) is 0. The van der Waals surface area contributed by atoms with Gasteiger partial charge in [-0.1, -0.05) is 6.92 Å². The van der Waals surface area contributed by atoms with E-state index in [4.69, 9.17) is 5.11 Å². The fourth-order valence-electron chi connectivity index (χ4n) is 2.33. The van der Waals surface area contributed by atoms with E-state index in [2.05, 4.69) is 16.7 Å². The second-order valence-corrected chi connectivity index (χ2v) is 5.03. The Morgan fingerprint density at radius 2 is 1.56 bits per heavy atom. The summed E-state index contributed by atoms with van der Waals surface area (Å²) in [4.78, 5) is 5.13. The summed E-state index contributed by atoms with van der Waals surface area (Å²) in [7, 11) is 0. The van der Waals surface area contributed by atoms with Gasteiger partial charge in [-0.05, 0) is 45.7 Å². The third kappa shape index (κ3) is 5.83. The monoisotopic (exact) mass is 228 g/mol. The first-order chi connectivity index (χ1) is 7.72. The van der Waals surface area contributed by atoms with Gasteiger partial charge in [0, 0.05) is 26.2 Å². The molecule has 1 fully saturated rings. The molecule has 1 N–H and O–H groups in total. The van der Waals surface area contributed by atoms with Gasteiger partial charge in [0.05, 0.1) is 6.10 Å². The minimum atomic E-state index is -0.124. The van der Waals surface area contributed by atoms with E-state index >= 15 is 0 Å². The molecule has 1 rings (SSSR count). The highest BCUT2D eigenvalue weighted by Crippen LogP contribution is 2.06. The molecule has 1 heterocycles. The van der Waals surface area contributed by atoms with Crippen molar-refractivity contribution in [3.8, 4) is 0 Å². The summed E-state index contributed by atoms with van der Waals surface area (Å²) < 4.78 is 0. The summed E-state index contributed by atoms with van der Waals surface area (Å²) in [6.45, 7) is 11.5. The van der Waals surface area contributed by atoms with E-state index in [1.54, 1.807) is 0 Å². The van der Waals surface area contributed by atoms with Gasteiger partial charge in [-0.25, -0.2) is 0 Å². The SMILES string of the molecule is CCCN1CCN(CCCCC(C)O)CC1.